The van der Waals surface area contributed by atoms with Crippen LogP contribution in [-0.2, 0) is 0 Å². The first-order valence-corrected chi connectivity index (χ1v) is 18.2. The van der Waals surface area contributed by atoms with Crippen LogP contribution in [0.5, 0.6) is 0 Å². The third-order valence-electron chi connectivity index (χ3n) is 10.4. The van der Waals surface area contributed by atoms with E-state index in [4.69, 9.17) is 8.83 Å². The monoisotopic (exact) mass is 677 g/mol. The van der Waals surface area contributed by atoms with Crippen molar-refractivity contribution in [2.24, 2.45) is 0 Å². The third-order valence-corrected chi connectivity index (χ3v) is 11.6. The van der Waals surface area contributed by atoms with Crippen molar-refractivity contribution in [2.45, 2.75) is 18.5 Å². The van der Waals surface area contributed by atoms with Crippen LogP contribution in [0.25, 0.3) is 75.2 Å². The Bertz CT molecular complexity index is 2940. The van der Waals surface area contributed by atoms with Crippen molar-refractivity contribution in [3.05, 3.63) is 168 Å². The molecule has 0 saturated carbocycles. The smallest absolute Gasteiger partial charge is 0.143 e. The van der Waals surface area contributed by atoms with Crippen molar-refractivity contribution in [2.75, 3.05) is 0 Å². The third kappa shape index (κ3) is 4.65. The summed E-state index contributed by atoms with van der Waals surface area (Å²) in [7, 11) is 0. The zero-order chi connectivity index (χ0) is 33.5. The number of rotatable bonds is 4. The van der Waals surface area contributed by atoms with Crippen LogP contribution in [0.4, 0.5) is 0 Å². The van der Waals surface area contributed by atoms with Crippen LogP contribution in [0.3, 0.4) is 0 Å². The number of furan rings is 2. The van der Waals surface area contributed by atoms with Crippen molar-refractivity contribution in [3.8, 4) is 11.1 Å². The maximum Gasteiger partial charge on any atom is 0.143 e. The molecular formula is C45H31N3O2S. The zero-order valence-electron chi connectivity index (χ0n) is 27.4. The van der Waals surface area contributed by atoms with Gasteiger partial charge < -0.3 is 8.83 Å². The highest BCUT2D eigenvalue weighted by Crippen LogP contribution is 2.42. The van der Waals surface area contributed by atoms with E-state index in [9.17, 15) is 0 Å². The number of fused-ring (bicyclic) bond motifs is 9. The van der Waals surface area contributed by atoms with Gasteiger partial charge in [0.1, 0.15) is 22.3 Å². The first kappa shape index (κ1) is 29.0. The van der Waals surface area contributed by atoms with E-state index in [-0.39, 0.29) is 18.5 Å². The van der Waals surface area contributed by atoms with Gasteiger partial charge in [0.05, 0.1) is 18.5 Å². The van der Waals surface area contributed by atoms with Crippen LogP contribution in [0.2, 0.25) is 0 Å². The summed E-state index contributed by atoms with van der Waals surface area (Å²) in [5.41, 5.74) is 9.47. The highest BCUT2D eigenvalue weighted by Gasteiger charge is 2.31. The second kappa shape index (κ2) is 11.4. The average molecular weight is 678 g/mol. The fraction of sp³-hybridized carbons (Fsp3) is 0.0667. The molecule has 1 aliphatic rings. The molecule has 0 amide bonds. The van der Waals surface area contributed by atoms with Crippen molar-refractivity contribution >= 4 is 75.4 Å². The molecule has 4 heterocycles. The van der Waals surface area contributed by atoms with Gasteiger partial charge in [-0.05, 0) is 58.7 Å². The molecule has 1 aliphatic heterocycles. The summed E-state index contributed by atoms with van der Waals surface area (Å²) in [6, 6.07) is 53.7. The van der Waals surface area contributed by atoms with E-state index in [2.05, 4.69) is 143 Å². The Morgan fingerprint density at radius 1 is 0.431 bits per heavy atom. The Morgan fingerprint density at radius 3 is 2.02 bits per heavy atom. The molecule has 3 N–H and O–H groups in total. The Hall–Kier alpha value is -5.76. The van der Waals surface area contributed by atoms with E-state index in [1.54, 1.807) is 0 Å². The molecule has 6 heteroatoms. The lowest BCUT2D eigenvalue weighted by Crippen LogP contribution is -2.54. The maximum atomic E-state index is 6.40. The predicted octanol–water partition coefficient (Wildman–Crippen LogP) is 11.7. The lowest BCUT2D eigenvalue weighted by molar-refractivity contribution is 0.204. The van der Waals surface area contributed by atoms with E-state index in [0.29, 0.717) is 0 Å². The molecule has 51 heavy (non-hydrogen) atoms. The molecule has 10 aromatic rings. The first-order valence-electron chi connectivity index (χ1n) is 17.4. The van der Waals surface area contributed by atoms with Gasteiger partial charge in [-0.15, -0.1) is 11.3 Å². The molecule has 0 radical (unpaired) electrons. The molecule has 0 bridgehead atoms. The normalized spacial score (nSPS) is 18.2. The highest BCUT2D eigenvalue weighted by molar-refractivity contribution is 7.25. The standard InChI is InChI=1S/C45H31N3O2S/c1-2-10-26(11-3-1)43-46-44(48-45(47-43)34-16-9-19-38-41(34)33-13-5-7-18-37(33)49-38)28-20-22-31-35-24-27(21-23-39(35)51-40(31)25-28)29-14-8-15-32-30-12-4-6-17-36(30)50-42(29)32/h1-25,43-48H. The van der Waals surface area contributed by atoms with Gasteiger partial charge in [0, 0.05) is 47.3 Å². The minimum absolute atomic E-state index is 0.0718. The lowest BCUT2D eigenvalue weighted by Gasteiger charge is -2.40. The van der Waals surface area contributed by atoms with Gasteiger partial charge in [-0.1, -0.05) is 115 Å². The van der Waals surface area contributed by atoms with Crippen LogP contribution in [0.1, 0.15) is 35.2 Å². The Balaban J connectivity index is 0.999. The van der Waals surface area contributed by atoms with Crippen molar-refractivity contribution in [1.82, 2.24) is 16.0 Å². The molecule has 1 saturated heterocycles. The number of hydrogen-bond acceptors (Lipinski definition) is 6. The van der Waals surface area contributed by atoms with Gasteiger partial charge >= 0.3 is 0 Å². The van der Waals surface area contributed by atoms with Crippen molar-refractivity contribution in [3.63, 3.8) is 0 Å². The summed E-state index contributed by atoms with van der Waals surface area (Å²) in [6.07, 6.45) is -0.309. The van der Waals surface area contributed by atoms with Crippen LogP contribution in [0, 0.1) is 0 Å². The van der Waals surface area contributed by atoms with Crippen LogP contribution < -0.4 is 16.0 Å². The first-order chi connectivity index (χ1) is 25.2. The van der Waals surface area contributed by atoms with Gasteiger partial charge in [0.15, 0.2) is 0 Å². The molecule has 5 nitrogen and oxygen atoms in total. The number of benzene rings is 7. The largest absolute Gasteiger partial charge is 0.456 e. The molecule has 7 aromatic carbocycles. The molecule has 0 aliphatic carbocycles. The fourth-order valence-electron chi connectivity index (χ4n) is 8.01. The van der Waals surface area contributed by atoms with E-state index in [1.807, 2.05) is 35.6 Å². The van der Waals surface area contributed by atoms with E-state index < -0.39 is 0 Å². The minimum atomic E-state index is -0.132. The number of nitrogens with one attached hydrogen (secondary N) is 3. The van der Waals surface area contributed by atoms with Crippen LogP contribution >= 0.6 is 11.3 Å². The Morgan fingerprint density at radius 2 is 1.14 bits per heavy atom. The summed E-state index contributed by atoms with van der Waals surface area (Å²) >= 11 is 1.84. The van der Waals surface area contributed by atoms with Gasteiger partial charge in [-0.2, -0.15) is 0 Å². The van der Waals surface area contributed by atoms with Crippen molar-refractivity contribution < 1.29 is 8.83 Å². The minimum Gasteiger partial charge on any atom is -0.456 e. The van der Waals surface area contributed by atoms with Gasteiger partial charge in [0.25, 0.3) is 0 Å². The topological polar surface area (TPSA) is 62.4 Å². The average Bonchev–Trinajstić information content (AvgIpc) is 3.88. The molecular weight excluding hydrogens is 647 g/mol. The molecule has 3 unspecified atom stereocenters. The van der Waals surface area contributed by atoms with Crippen LogP contribution in [0.15, 0.2) is 160 Å². The predicted molar refractivity (Wildman–Crippen MR) is 210 cm³/mol. The van der Waals surface area contributed by atoms with E-state index in [0.717, 1.165) is 55.0 Å². The van der Waals surface area contributed by atoms with E-state index >= 15 is 0 Å². The summed E-state index contributed by atoms with van der Waals surface area (Å²) in [5, 5.41) is 18.7. The number of para-hydroxylation sites is 3. The quantitative estimate of drug-likeness (QED) is 0.173. The summed E-state index contributed by atoms with van der Waals surface area (Å²) in [4.78, 5) is 0. The summed E-state index contributed by atoms with van der Waals surface area (Å²) < 4.78 is 15.2. The molecule has 1 fully saturated rings. The van der Waals surface area contributed by atoms with Crippen LogP contribution in [-0.4, -0.2) is 0 Å². The van der Waals surface area contributed by atoms with Crippen molar-refractivity contribution in [1.29, 1.82) is 0 Å². The van der Waals surface area contributed by atoms with Gasteiger partial charge in [-0.3, -0.25) is 16.0 Å². The molecule has 244 valence electrons. The maximum absolute atomic E-state index is 6.40. The number of thiophene rings is 1. The number of hydrogen-bond donors (Lipinski definition) is 3. The second-order valence-corrected chi connectivity index (χ2v) is 14.5. The molecule has 3 aromatic heterocycles. The Kier molecular flexibility index (Phi) is 6.48. The zero-order valence-corrected chi connectivity index (χ0v) is 28.2. The summed E-state index contributed by atoms with van der Waals surface area (Å²) in [6.45, 7) is 0. The molecule has 11 rings (SSSR count). The SMILES string of the molecule is c1ccc(C2NC(c3ccc4c(c3)sc3ccc(-c5cccc6c5oc5ccccc56)cc34)NC(c3cccc4oc5ccccc5c34)N2)cc1. The molecule has 3 atom stereocenters. The fourth-order valence-corrected chi connectivity index (χ4v) is 9.15. The molecule has 0 spiro atoms. The second-order valence-electron chi connectivity index (χ2n) is 13.4. The summed E-state index contributed by atoms with van der Waals surface area (Å²) in [5.74, 6) is 0. The van der Waals surface area contributed by atoms with Gasteiger partial charge in [0.2, 0.25) is 0 Å². The lowest BCUT2D eigenvalue weighted by atomic mass is 9.99. The highest BCUT2D eigenvalue weighted by atomic mass is 32.1. The van der Waals surface area contributed by atoms with Gasteiger partial charge in [-0.25, -0.2) is 0 Å². The van der Waals surface area contributed by atoms with E-state index in [1.165, 1.54) is 36.9 Å². The Labute approximate surface area is 297 Å².